The fourth-order valence-electron chi connectivity index (χ4n) is 3.52. The van der Waals surface area contributed by atoms with Crippen molar-refractivity contribution in [3.05, 3.63) is 35.9 Å². The van der Waals surface area contributed by atoms with E-state index in [1.165, 1.54) is 17.0 Å². The number of amides is 6. The third kappa shape index (κ3) is 4.57. The van der Waals surface area contributed by atoms with Crippen LogP contribution in [0.1, 0.15) is 18.5 Å². The Labute approximate surface area is 194 Å². The number of β-lactam (4-membered cyclic amide) rings is 1. The van der Waals surface area contributed by atoms with Gasteiger partial charge in [-0.1, -0.05) is 30.3 Å². The molecule has 1 unspecified atom stereocenters. The van der Waals surface area contributed by atoms with Crippen LogP contribution >= 0.6 is 0 Å². The van der Waals surface area contributed by atoms with E-state index in [0.717, 1.165) is 7.11 Å². The molecule has 14 nitrogen and oxygen atoms in total. The van der Waals surface area contributed by atoms with Crippen molar-refractivity contribution in [1.29, 1.82) is 0 Å². The van der Waals surface area contributed by atoms with Crippen LogP contribution in [0.25, 0.3) is 0 Å². The molecule has 2 fully saturated rings. The molecule has 34 heavy (non-hydrogen) atoms. The Hall–Kier alpha value is -3.56. The lowest BCUT2D eigenvalue weighted by atomic mass is 10.0. The SMILES string of the molecule is CCN1CCN(C(=O)NC(C(=O)N[C@@]2(OC)CN(S(=O)(=O)O)C2=O)c2ccccc2)C(=O)C1=O. The number of nitrogens with one attached hydrogen (secondary N) is 2. The normalized spacial score (nSPS) is 21.7. The molecule has 0 radical (unpaired) electrons. The van der Waals surface area contributed by atoms with Crippen molar-refractivity contribution in [2.45, 2.75) is 18.7 Å². The minimum Gasteiger partial charge on any atom is -0.349 e. The van der Waals surface area contributed by atoms with E-state index in [1.807, 2.05) is 0 Å². The van der Waals surface area contributed by atoms with Gasteiger partial charge in [-0.15, -0.1) is 0 Å². The van der Waals surface area contributed by atoms with Crippen LogP contribution in [0, 0.1) is 0 Å². The lowest BCUT2D eigenvalue weighted by Gasteiger charge is -2.45. The predicted molar refractivity (Wildman–Crippen MR) is 113 cm³/mol. The number of urea groups is 1. The van der Waals surface area contributed by atoms with Gasteiger partial charge >= 0.3 is 28.1 Å². The number of carbonyl (C=O) groups is 5. The zero-order valence-electron chi connectivity index (χ0n) is 18.3. The van der Waals surface area contributed by atoms with Crippen LogP contribution in [0.15, 0.2) is 30.3 Å². The second-order valence-corrected chi connectivity index (χ2v) is 8.78. The average Bonchev–Trinajstić information content (AvgIpc) is 2.80. The number of carbonyl (C=O) groups excluding carboxylic acids is 5. The maximum Gasteiger partial charge on any atom is 0.362 e. The van der Waals surface area contributed by atoms with E-state index in [0.29, 0.717) is 11.4 Å². The van der Waals surface area contributed by atoms with Crippen LogP contribution in [0.4, 0.5) is 4.79 Å². The molecule has 1 aromatic rings. The van der Waals surface area contributed by atoms with Crippen molar-refractivity contribution in [1.82, 2.24) is 24.7 Å². The molecule has 6 amide bonds. The highest BCUT2D eigenvalue weighted by Gasteiger charge is 2.59. The number of hydrogen-bond acceptors (Lipinski definition) is 8. The summed E-state index contributed by atoms with van der Waals surface area (Å²) in [6.07, 6.45) is 0. The van der Waals surface area contributed by atoms with Gasteiger partial charge in [-0.25, -0.2) is 9.10 Å². The molecule has 0 aromatic heterocycles. The van der Waals surface area contributed by atoms with Crippen molar-refractivity contribution in [3.8, 4) is 0 Å². The summed E-state index contributed by atoms with van der Waals surface area (Å²) >= 11 is 0. The van der Waals surface area contributed by atoms with Crippen LogP contribution in [-0.2, 0) is 34.2 Å². The quantitative estimate of drug-likeness (QED) is 0.170. The second-order valence-electron chi connectivity index (χ2n) is 7.44. The van der Waals surface area contributed by atoms with Gasteiger partial charge in [-0.3, -0.25) is 28.6 Å². The monoisotopic (exact) mass is 497 g/mol. The number of methoxy groups -OCH3 is 1. The van der Waals surface area contributed by atoms with E-state index >= 15 is 0 Å². The molecule has 2 heterocycles. The highest BCUT2D eigenvalue weighted by Crippen LogP contribution is 2.27. The minimum absolute atomic E-state index is 0.0861. The zero-order chi connectivity index (χ0) is 25.3. The Bertz CT molecular complexity index is 1130. The molecule has 2 saturated heterocycles. The van der Waals surface area contributed by atoms with Crippen LogP contribution < -0.4 is 10.6 Å². The molecule has 0 saturated carbocycles. The third-order valence-corrected chi connectivity index (χ3v) is 6.34. The first-order valence-electron chi connectivity index (χ1n) is 10.1. The van der Waals surface area contributed by atoms with Gasteiger partial charge in [0, 0.05) is 26.7 Å². The van der Waals surface area contributed by atoms with Crippen LogP contribution in [-0.4, -0.2) is 95.7 Å². The Morgan fingerprint density at radius 3 is 2.32 bits per heavy atom. The first-order valence-corrected chi connectivity index (χ1v) is 11.5. The highest BCUT2D eigenvalue weighted by atomic mass is 32.2. The molecule has 0 aliphatic carbocycles. The molecule has 2 aliphatic rings. The highest BCUT2D eigenvalue weighted by molar-refractivity contribution is 7.84. The summed E-state index contributed by atoms with van der Waals surface area (Å²) in [5.74, 6) is -4.10. The lowest BCUT2D eigenvalue weighted by molar-refractivity contribution is -0.180. The topological polar surface area (TPSA) is 183 Å². The predicted octanol–water partition coefficient (Wildman–Crippen LogP) is -1.77. The summed E-state index contributed by atoms with van der Waals surface area (Å²) in [5, 5.41) is 4.63. The molecule has 2 aliphatic heterocycles. The first-order chi connectivity index (χ1) is 15.9. The average molecular weight is 497 g/mol. The fourth-order valence-corrected chi connectivity index (χ4v) is 4.22. The van der Waals surface area contributed by atoms with Gasteiger partial charge in [0.15, 0.2) is 0 Å². The smallest absolute Gasteiger partial charge is 0.349 e. The van der Waals surface area contributed by atoms with Gasteiger partial charge in [-0.05, 0) is 12.5 Å². The van der Waals surface area contributed by atoms with Gasteiger partial charge in [0.25, 0.3) is 5.91 Å². The molecule has 0 bridgehead atoms. The maximum atomic E-state index is 13.1. The van der Waals surface area contributed by atoms with E-state index in [-0.39, 0.29) is 23.0 Å². The Kier molecular flexibility index (Phi) is 6.90. The molecule has 2 atom stereocenters. The van der Waals surface area contributed by atoms with Crippen molar-refractivity contribution < 1.29 is 41.7 Å². The number of benzene rings is 1. The van der Waals surface area contributed by atoms with Crippen LogP contribution in [0.3, 0.4) is 0 Å². The summed E-state index contributed by atoms with van der Waals surface area (Å²) in [4.78, 5) is 64.7. The molecular weight excluding hydrogens is 474 g/mol. The van der Waals surface area contributed by atoms with Crippen molar-refractivity contribution in [2.75, 3.05) is 33.3 Å². The van der Waals surface area contributed by atoms with E-state index < -0.39 is 58.3 Å². The van der Waals surface area contributed by atoms with Gasteiger partial charge in [-0.2, -0.15) is 8.42 Å². The van der Waals surface area contributed by atoms with Crippen LogP contribution in [0.5, 0.6) is 0 Å². The summed E-state index contributed by atoms with van der Waals surface area (Å²) in [7, 11) is -3.80. The number of imide groups is 1. The van der Waals surface area contributed by atoms with Crippen molar-refractivity contribution in [3.63, 3.8) is 0 Å². The minimum atomic E-state index is -4.85. The molecular formula is C19H23N5O9S. The van der Waals surface area contributed by atoms with Gasteiger partial charge < -0.3 is 20.3 Å². The Balaban J connectivity index is 1.81. The van der Waals surface area contributed by atoms with E-state index in [2.05, 4.69) is 10.6 Å². The summed E-state index contributed by atoms with van der Waals surface area (Å²) in [5.41, 5.74) is -1.83. The van der Waals surface area contributed by atoms with E-state index in [1.54, 1.807) is 25.1 Å². The number of piperazine rings is 1. The van der Waals surface area contributed by atoms with Crippen molar-refractivity contribution in [2.24, 2.45) is 0 Å². The van der Waals surface area contributed by atoms with Gasteiger partial charge in [0.1, 0.15) is 6.04 Å². The number of ether oxygens (including phenoxy) is 1. The van der Waals surface area contributed by atoms with Gasteiger partial charge in [0.05, 0.1) is 6.54 Å². The zero-order valence-corrected chi connectivity index (χ0v) is 19.1. The summed E-state index contributed by atoms with van der Waals surface area (Å²) < 4.78 is 36.7. The second kappa shape index (κ2) is 9.36. The standard InChI is InChI=1S/C19H23N5O9S/c1-3-22-9-10-23(16(27)15(22)26)18(29)20-13(12-7-5-4-6-8-12)14(25)21-19(33-2)11-24(17(19)28)34(30,31)32/h4-8,13H,3,9-11H2,1-2H3,(H,20,29)(H,21,25)(H,30,31,32)/t13?,19-/m1/s1. The lowest BCUT2D eigenvalue weighted by Crippen LogP contribution is -2.76. The largest absolute Gasteiger partial charge is 0.362 e. The van der Waals surface area contributed by atoms with Crippen LogP contribution in [0.2, 0.25) is 0 Å². The fraction of sp³-hybridized carbons (Fsp3) is 0.421. The number of nitrogens with zero attached hydrogens (tertiary/aromatic N) is 3. The van der Waals surface area contributed by atoms with E-state index in [4.69, 9.17) is 9.29 Å². The molecule has 184 valence electrons. The Morgan fingerprint density at radius 1 is 1.15 bits per heavy atom. The summed E-state index contributed by atoms with van der Waals surface area (Å²) in [6, 6.07) is 5.36. The summed E-state index contributed by atoms with van der Waals surface area (Å²) in [6.45, 7) is 1.32. The number of likely N-dealkylation sites (N-methyl/N-ethyl adjacent to an activating group) is 1. The molecule has 0 spiro atoms. The molecule has 3 rings (SSSR count). The number of hydrogen-bond donors (Lipinski definition) is 3. The molecule has 15 heteroatoms. The van der Waals surface area contributed by atoms with Crippen molar-refractivity contribution >= 4 is 40.0 Å². The molecule has 3 N–H and O–H groups in total. The first kappa shape index (κ1) is 25.1. The maximum absolute atomic E-state index is 13.1. The van der Waals surface area contributed by atoms with Gasteiger partial charge in [0.2, 0.25) is 11.6 Å². The number of rotatable bonds is 7. The third-order valence-electron chi connectivity index (χ3n) is 5.49. The van der Waals surface area contributed by atoms with E-state index in [9.17, 15) is 32.4 Å². The molecule has 1 aromatic carbocycles. The Morgan fingerprint density at radius 2 is 1.79 bits per heavy atom.